The lowest BCUT2D eigenvalue weighted by atomic mass is 10.1. The molecule has 24 heavy (non-hydrogen) atoms. The van der Waals surface area contributed by atoms with Gasteiger partial charge in [0.2, 0.25) is 0 Å². The van der Waals surface area contributed by atoms with E-state index in [0.717, 1.165) is 11.3 Å². The molecule has 0 bridgehead atoms. The van der Waals surface area contributed by atoms with Crippen LogP contribution in [-0.2, 0) is 6.42 Å². The van der Waals surface area contributed by atoms with Gasteiger partial charge in [-0.1, -0.05) is 17.7 Å². The van der Waals surface area contributed by atoms with Gasteiger partial charge >= 0.3 is 0 Å². The lowest BCUT2D eigenvalue weighted by molar-refractivity contribution is 0.235. The lowest BCUT2D eigenvalue weighted by Crippen LogP contribution is -2.20. The summed E-state index contributed by atoms with van der Waals surface area (Å²) in [6, 6.07) is 9.50. The summed E-state index contributed by atoms with van der Waals surface area (Å²) in [6.45, 7) is 0.475. The molecule has 0 radical (unpaired) electrons. The van der Waals surface area contributed by atoms with Crippen molar-refractivity contribution in [2.45, 2.75) is 6.42 Å². The monoisotopic (exact) mass is 347 g/mol. The molecule has 1 heterocycles. The number of halogens is 2. The van der Waals surface area contributed by atoms with Crippen molar-refractivity contribution in [1.29, 1.82) is 0 Å². The average molecular weight is 348 g/mol. The van der Waals surface area contributed by atoms with Gasteiger partial charge in [-0.15, -0.1) is 0 Å². The van der Waals surface area contributed by atoms with Crippen molar-refractivity contribution in [3.8, 4) is 0 Å². The number of nitrogens with one attached hydrogen (secondary N) is 2. The Labute approximate surface area is 142 Å². The summed E-state index contributed by atoms with van der Waals surface area (Å²) in [6.07, 6.45) is 0.612. The molecule has 3 aromatic rings. The standard InChI is InChI=1S/C16H15ClFN5O/c17-11-8-9(4-5-12(11)18)20-16(23-24)10-2-1-3-13-15(10)22-14(21-13)6-7-19/h1-5,8,24H,6-7,19H2,(H,20,23)(H,21,22). The molecule has 0 atom stereocenters. The number of imidazole rings is 1. The zero-order valence-electron chi connectivity index (χ0n) is 12.6. The highest BCUT2D eigenvalue weighted by Gasteiger charge is 2.12. The maximum absolute atomic E-state index is 13.3. The number of fused-ring (bicyclic) bond motifs is 1. The van der Waals surface area contributed by atoms with Crippen molar-refractivity contribution < 1.29 is 9.60 Å². The van der Waals surface area contributed by atoms with Crippen molar-refractivity contribution in [1.82, 2.24) is 15.4 Å². The largest absolute Gasteiger partial charge is 0.342 e. The number of aromatic nitrogens is 2. The molecule has 0 saturated heterocycles. The molecule has 2 aromatic carbocycles. The van der Waals surface area contributed by atoms with Gasteiger partial charge in [-0.2, -0.15) is 0 Å². The Balaban J connectivity index is 2.08. The van der Waals surface area contributed by atoms with Crippen LogP contribution in [0.15, 0.2) is 41.4 Å². The number of hydrogen-bond donors (Lipinski definition) is 4. The predicted molar refractivity (Wildman–Crippen MR) is 91.4 cm³/mol. The van der Waals surface area contributed by atoms with Crippen LogP contribution in [0.3, 0.4) is 0 Å². The van der Waals surface area contributed by atoms with Crippen molar-refractivity contribution in [2.75, 3.05) is 6.54 Å². The molecule has 0 amide bonds. The molecule has 6 nitrogen and oxygen atoms in total. The Morgan fingerprint density at radius 2 is 2.21 bits per heavy atom. The quantitative estimate of drug-likeness (QED) is 0.331. The van der Waals surface area contributed by atoms with E-state index in [9.17, 15) is 9.60 Å². The summed E-state index contributed by atoms with van der Waals surface area (Å²) >= 11 is 5.76. The number of amidine groups is 1. The molecule has 0 unspecified atom stereocenters. The topological polar surface area (TPSA) is 99.3 Å². The first kappa shape index (κ1) is 16.4. The summed E-state index contributed by atoms with van der Waals surface area (Å²) < 4.78 is 13.3. The van der Waals surface area contributed by atoms with Gasteiger partial charge in [0.05, 0.1) is 21.7 Å². The third kappa shape index (κ3) is 3.23. The fourth-order valence-electron chi connectivity index (χ4n) is 2.36. The number of aliphatic imine (C=N–C) groups is 1. The van der Waals surface area contributed by atoms with Crippen LogP contribution in [-0.4, -0.2) is 27.6 Å². The van der Waals surface area contributed by atoms with Gasteiger partial charge in [-0.3, -0.25) is 10.7 Å². The first-order chi connectivity index (χ1) is 11.6. The smallest absolute Gasteiger partial charge is 0.159 e. The Hall–Kier alpha value is -2.48. The second kappa shape index (κ2) is 6.96. The summed E-state index contributed by atoms with van der Waals surface area (Å²) in [4.78, 5) is 11.9. The van der Waals surface area contributed by atoms with Crippen LogP contribution in [0.5, 0.6) is 0 Å². The maximum atomic E-state index is 13.3. The molecular formula is C16H15ClFN5O. The molecule has 0 aliphatic carbocycles. The number of benzene rings is 2. The number of aromatic amines is 1. The highest BCUT2D eigenvalue weighted by molar-refractivity contribution is 6.31. The first-order valence-corrected chi connectivity index (χ1v) is 7.62. The highest BCUT2D eigenvalue weighted by Crippen LogP contribution is 2.23. The summed E-state index contributed by atoms with van der Waals surface area (Å²) in [5, 5.41) is 9.44. The van der Waals surface area contributed by atoms with Gasteiger partial charge in [0.1, 0.15) is 11.6 Å². The van der Waals surface area contributed by atoms with Crippen molar-refractivity contribution in [3.05, 3.63) is 58.6 Å². The van der Waals surface area contributed by atoms with Crippen molar-refractivity contribution in [2.24, 2.45) is 10.7 Å². The van der Waals surface area contributed by atoms with E-state index in [1.165, 1.54) is 18.2 Å². The molecule has 0 spiro atoms. The Morgan fingerprint density at radius 3 is 2.92 bits per heavy atom. The van der Waals surface area contributed by atoms with Gasteiger partial charge < -0.3 is 10.7 Å². The van der Waals surface area contributed by atoms with E-state index >= 15 is 0 Å². The van der Waals surface area contributed by atoms with E-state index in [1.807, 2.05) is 12.1 Å². The number of nitrogens with two attached hydrogens (primary N) is 1. The van der Waals surface area contributed by atoms with Crippen molar-refractivity contribution in [3.63, 3.8) is 0 Å². The fraction of sp³-hybridized carbons (Fsp3) is 0.125. The highest BCUT2D eigenvalue weighted by atomic mass is 35.5. The minimum atomic E-state index is -0.532. The van der Waals surface area contributed by atoms with Gasteiger partial charge in [0.15, 0.2) is 5.84 Å². The normalized spacial score (nSPS) is 11.9. The third-order valence-electron chi connectivity index (χ3n) is 3.45. The maximum Gasteiger partial charge on any atom is 0.159 e. The SMILES string of the molecule is NCCc1nc2c(C(=Nc3ccc(F)c(Cl)c3)NO)cccc2[nH]1. The van der Waals surface area contributed by atoms with E-state index < -0.39 is 5.82 Å². The summed E-state index contributed by atoms with van der Waals surface area (Å²) in [5.74, 6) is 0.395. The number of hydrogen-bond acceptors (Lipinski definition) is 4. The first-order valence-electron chi connectivity index (χ1n) is 7.24. The Bertz CT molecular complexity index is 909. The molecule has 8 heteroatoms. The predicted octanol–water partition coefficient (Wildman–Crippen LogP) is 2.91. The van der Waals surface area contributed by atoms with Gasteiger partial charge in [0.25, 0.3) is 0 Å². The number of hydroxylamine groups is 1. The molecule has 0 saturated carbocycles. The Morgan fingerprint density at radius 1 is 1.38 bits per heavy atom. The van der Waals surface area contributed by atoms with E-state index in [-0.39, 0.29) is 10.9 Å². The summed E-state index contributed by atoms with van der Waals surface area (Å²) in [5.41, 5.74) is 10.1. The van der Waals surface area contributed by atoms with E-state index in [1.54, 1.807) is 6.07 Å². The average Bonchev–Trinajstić information content (AvgIpc) is 2.99. The number of nitrogens with zero attached hydrogens (tertiary/aromatic N) is 2. The van der Waals surface area contributed by atoms with Gasteiger partial charge in [-0.05, 0) is 36.9 Å². The molecule has 124 valence electrons. The number of para-hydroxylation sites is 1. The molecule has 1 aromatic heterocycles. The molecule has 0 fully saturated rings. The zero-order chi connectivity index (χ0) is 17.1. The molecule has 5 N–H and O–H groups in total. The van der Waals surface area contributed by atoms with Gasteiger partial charge in [0, 0.05) is 12.0 Å². The summed E-state index contributed by atoms with van der Waals surface area (Å²) in [7, 11) is 0. The second-order valence-corrected chi connectivity index (χ2v) is 5.50. The van der Waals surface area contributed by atoms with E-state index in [4.69, 9.17) is 17.3 Å². The molecule has 0 aliphatic heterocycles. The van der Waals surface area contributed by atoms with Crippen LogP contribution in [0.4, 0.5) is 10.1 Å². The van der Waals surface area contributed by atoms with Crippen LogP contribution in [0.25, 0.3) is 11.0 Å². The second-order valence-electron chi connectivity index (χ2n) is 5.09. The Kier molecular flexibility index (Phi) is 4.75. The molecule has 0 aliphatic rings. The third-order valence-corrected chi connectivity index (χ3v) is 3.74. The molecule has 3 rings (SSSR count). The van der Waals surface area contributed by atoms with Crippen LogP contribution in [0, 0.1) is 5.82 Å². The van der Waals surface area contributed by atoms with E-state index in [2.05, 4.69) is 20.4 Å². The van der Waals surface area contributed by atoms with E-state index in [0.29, 0.717) is 29.7 Å². The van der Waals surface area contributed by atoms with Crippen LogP contribution < -0.4 is 11.2 Å². The van der Waals surface area contributed by atoms with Crippen LogP contribution in [0.1, 0.15) is 11.4 Å². The number of rotatable bonds is 4. The van der Waals surface area contributed by atoms with Gasteiger partial charge in [-0.25, -0.2) is 14.4 Å². The lowest BCUT2D eigenvalue weighted by Gasteiger charge is -2.06. The molecular weight excluding hydrogens is 333 g/mol. The number of H-pyrrole nitrogens is 1. The van der Waals surface area contributed by atoms with Crippen molar-refractivity contribution >= 4 is 34.2 Å². The van der Waals surface area contributed by atoms with Crippen LogP contribution >= 0.6 is 11.6 Å². The van der Waals surface area contributed by atoms with Crippen LogP contribution in [0.2, 0.25) is 5.02 Å². The minimum absolute atomic E-state index is 0.0447. The fourth-order valence-corrected chi connectivity index (χ4v) is 2.53. The zero-order valence-corrected chi connectivity index (χ0v) is 13.3. The minimum Gasteiger partial charge on any atom is -0.342 e.